The average molecular weight is 379 g/mol. The Bertz CT molecular complexity index is 852. The zero-order chi connectivity index (χ0) is 18.0. The van der Waals surface area contributed by atoms with Crippen molar-refractivity contribution in [2.75, 3.05) is 6.54 Å². The highest BCUT2D eigenvalue weighted by Gasteiger charge is 2.42. The van der Waals surface area contributed by atoms with Crippen LogP contribution in [0.2, 0.25) is 0 Å². The highest BCUT2D eigenvalue weighted by atomic mass is 32.2. The smallest absolute Gasteiger partial charge is 0.322 e. The van der Waals surface area contributed by atoms with Crippen LogP contribution in [0.25, 0.3) is 0 Å². The molecule has 1 N–H and O–H groups in total. The number of sulfonamides is 1. The lowest BCUT2D eigenvalue weighted by Crippen LogP contribution is -2.40. The summed E-state index contributed by atoms with van der Waals surface area (Å²) >= 11 is 4.23. The first kappa shape index (κ1) is 17.8. The molecule has 1 heterocycles. The second-order valence-corrected chi connectivity index (χ2v) is 8.33. The lowest BCUT2D eigenvalue weighted by Gasteiger charge is -2.21. The van der Waals surface area contributed by atoms with Crippen LogP contribution in [0.3, 0.4) is 0 Å². The van der Waals surface area contributed by atoms with Crippen molar-refractivity contribution in [2.45, 2.75) is 22.6 Å². The lowest BCUT2D eigenvalue weighted by atomic mass is 10.2. The maximum Gasteiger partial charge on any atom is 0.322 e. The summed E-state index contributed by atoms with van der Waals surface area (Å²) in [4.78, 5) is 11.4. The number of nitrogens with zero attached hydrogens (tertiary/aromatic N) is 1. The summed E-state index contributed by atoms with van der Waals surface area (Å²) in [6.45, 7) is 0.0741. The second kappa shape index (κ2) is 7.07. The molecule has 0 saturated carbocycles. The summed E-state index contributed by atoms with van der Waals surface area (Å²) < 4.78 is 32.1. The molecule has 0 radical (unpaired) electrons. The van der Waals surface area contributed by atoms with Gasteiger partial charge in [0.25, 0.3) is 0 Å². The van der Waals surface area contributed by atoms with Gasteiger partial charge in [-0.3, -0.25) is 4.79 Å². The number of benzene rings is 2. The quantitative estimate of drug-likeness (QED) is 0.780. The minimum Gasteiger partial charge on any atom is -0.480 e. The molecule has 0 amide bonds. The van der Waals surface area contributed by atoms with Gasteiger partial charge in [-0.25, -0.2) is 8.42 Å². The molecule has 0 bridgehead atoms. The minimum absolute atomic E-state index is 0.0293. The van der Waals surface area contributed by atoms with Crippen molar-refractivity contribution in [3.8, 4) is 11.5 Å². The SMILES string of the molecule is O=C(O)[C@@H]1C[C@@H](S)CN1S(=O)(=O)c1ccc(Oc2ccccc2)cc1. The molecule has 6 nitrogen and oxygen atoms in total. The van der Waals surface area contributed by atoms with E-state index >= 15 is 0 Å². The molecular formula is C17H17NO5S2. The van der Waals surface area contributed by atoms with Gasteiger partial charge < -0.3 is 9.84 Å². The Labute approximate surface area is 151 Å². The zero-order valence-electron chi connectivity index (χ0n) is 13.1. The third kappa shape index (κ3) is 3.81. The van der Waals surface area contributed by atoms with Crippen LogP contribution in [-0.4, -0.2) is 41.6 Å². The molecule has 0 spiro atoms. The van der Waals surface area contributed by atoms with Gasteiger partial charge in [-0.2, -0.15) is 16.9 Å². The number of hydrogen-bond acceptors (Lipinski definition) is 5. The van der Waals surface area contributed by atoms with Crippen molar-refractivity contribution in [1.82, 2.24) is 4.31 Å². The number of thiol groups is 1. The lowest BCUT2D eigenvalue weighted by molar-refractivity contribution is -0.140. The highest BCUT2D eigenvalue weighted by molar-refractivity contribution is 7.89. The molecule has 132 valence electrons. The van der Waals surface area contributed by atoms with Crippen LogP contribution in [-0.2, 0) is 14.8 Å². The van der Waals surface area contributed by atoms with Gasteiger partial charge in [0.2, 0.25) is 10.0 Å². The fraction of sp³-hybridized carbons (Fsp3) is 0.235. The van der Waals surface area contributed by atoms with Crippen LogP contribution in [0.5, 0.6) is 11.5 Å². The van der Waals surface area contributed by atoms with Crippen LogP contribution in [0.15, 0.2) is 59.5 Å². The van der Waals surface area contributed by atoms with E-state index in [1.165, 1.54) is 12.1 Å². The molecule has 3 rings (SSSR count). The van der Waals surface area contributed by atoms with Gasteiger partial charge in [-0.15, -0.1) is 0 Å². The molecule has 0 aromatic heterocycles. The Morgan fingerprint density at radius 2 is 1.68 bits per heavy atom. The van der Waals surface area contributed by atoms with Crippen LogP contribution in [0.1, 0.15) is 6.42 Å². The Balaban J connectivity index is 1.82. The third-order valence-electron chi connectivity index (χ3n) is 3.93. The number of ether oxygens (including phenoxy) is 1. The van der Waals surface area contributed by atoms with Crippen molar-refractivity contribution in [1.29, 1.82) is 0 Å². The number of carboxylic acid groups (broad SMARTS) is 1. The van der Waals surface area contributed by atoms with E-state index in [2.05, 4.69) is 12.6 Å². The van der Waals surface area contributed by atoms with Crippen molar-refractivity contribution in [3.05, 3.63) is 54.6 Å². The van der Waals surface area contributed by atoms with E-state index in [-0.39, 0.29) is 23.1 Å². The summed E-state index contributed by atoms with van der Waals surface area (Å²) in [7, 11) is -3.91. The number of rotatable bonds is 5. The predicted molar refractivity (Wildman–Crippen MR) is 95.7 cm³/mol. The number of aliphatic carboxylic acids is 1. The molecule has 0 unspecified atom stereocenters. The normalized spacial score (nSPS) is 21.2. The van der Waals surface area contributed by atoms with Crippen molar-refractivity contribution >= 4 is 28.6 Å². The Morgan fingerprint density at radius 3 is 2.28 bits per heavy atom. The van der Waals surface area contributed by atoms with Gasteiger partial charge in [0.1, 0.15) is 17.5 Å². The Kier molecular flexibility index (Phi) is 5.03. The Hall–Kier alpha value is -2.03. The first-order valence-electron chi connectivity index (χ1n) is 7.63. The summed E-state index contributed by atoms with van der Waals surface area (Å²) in [5.41, 5.74) is 0. The van der Waals surface area contributed by atoms with Gasteiger partial charge in [0.15, 0.2) is 0 Å². The van der Waals surface area contributed by atoms with Gasteiger partial charge in [-0.1, -0.05) is 18.2 Å². The average Bonchev–Trinajstić information content (AvgIpc) is 2.99. The van der Waals surface area contributed by atoms with Crippen LogP contribution in [0, 0.1) is 0 Å². The van der Waals surface area contributed by atoms with E-state index in [9.17, 15) is 18.3 Å². The van der Waals surface area contributed by atoms with Crippen molar-refractivity contribution < 1.29 is 23.1 Å². The van der Waals surface area contributed by atoms with Gasteiger partial charge >= 0.3 is 5.97 Å². The number of para-hydroxylation sites is 1. The number of hydrogen-bond donors (Lipinski definition) is 2. The molecule has 2 aromatic rings. The predicted octanol–water partition coefficient (Wildman–Crippen LogP) is 2.62. The van der Waals surface area contributed by atoms with Crippen molar-refractivity contribution in [3.63, 3.8) is 0 Å². The van der Waals surface area contributed by atoms with Gasteiger partial charge in [-0.05, 0) is 42.8 Å². The maximum atomic E-state index is 12.8. The summed E-state index contributed by atoms with van der Waals surface area (Å²) in [6, 6.07) is 13.9. The van der Waals surface area contributed by atoms with Crippen molar-refractivity contribution in [2.24, 2.45) is 0 Å². The molecule has 2 atom stereocenters. The molecule has 1 saturated heterocycles. The van der Waals surface area contributed by atoms with E-state index in [1.54, 1.807) is 24.3 Å². The van der Waals surface area contributed by atoms with Crippen LogP contribution in [0.4, 0.5) is 0 Å². The zero-order valence-corrected chi connectivity index (χ0v) is 14.9. The van der Waals surface area contributed by atoms with E-state index < -0.39 is 22.0 Å². The molecule has 1 aliphatic heterocycles. The molecule has 25 heavy (non-hydrogen) atoms. The van der Waals surface area contributed by atoms with Gasteiger partial charge in [0, 0.05) is 11.8 Å². The maximum absolute atomic E-state index is 12.8. The van der Waals surface area contributed by atoms with E-state index in [4.69, 9.17) is 4.74 Å². The molecule has 1 fully saturated rings. The summed E-state index contributed by atoms with van der Waals surface area (Å²) in [5, 5.41) is 8.96. The number of carboxylic acids is 1. The first-order chi connectivity index (χ1) is 11.9. The fourth-order valence-electron chi connectivity index (χ4n) is 2.71. The molecule has 0 aliphatic carbocycles. The summed E-state index contributed by atoms with van der Waals surface area (Å²) in [6.07, 6.45) is 0.187. The second-order valence-electron chi connectivity index (χ2n) is 5.70. The minimum atomic E-state index is -3.91. The molecule has 2 aromatic carbocycles. The van der Waals surface area contributed by atoms with E-state index in [0.29, 0.717) is 11.5 Å². The monoisotopic (exact) mass is 379 g/mol. The van der Waals surface area contributed by atoms with E-state index in [0.717, 1.165) is 4.31 Å². The first-order valence-corrected chi connectivity index (χ1v) is 9.59. The highest BCUT2D eigenvalue weighted by Crippen LogP contribution is 2.30. The number of carbonyl (C=O) groups is 1. The third-order valence-corrected chi connectivity index (χ3v) is 6.19. The van der Waals surface area contributed by atoms with Gasteiger partial charge in [0.05, 0.1) is 4.90 Å². The summed E-state index contributed by atoms with van der Waals surface area (Å²) in [5.74, 6) is -0.0286. The Morgan fingerprint density at radius 1 is 1.08 bits per heavy atom. The van der Waals surface area contributed by atoms with Crippen LogP contribution < -0.4 is 4.74 Å². The fourth-order valence-corrected chi connectivity index (χ4v) is 4.84. The standard InChI is InChI=1S/C17H17NO5S2/c19-17(20)16-10-14(24)11-18(16)25(21,22)15-8-6-13(7-9-15)23-12-4-2-1-3-5-12/h1-9,14,16,24H,10-11H2,(H,19,20)/t14-,16+/m1/s1. The molecule has 1 aliphatic rings. The topological polar surface area (TPSA) is 83.9 Å². The van der Waals surface area contributed by atoms with E-state index in [1.807, 2.05) is 18.2 Å². The van der Waals surface area contributed by atoms with Crippen LogP contribution >= 0.6 is 12.6 Å². The molecule has 8 heteroatoms. The molecular weight excluding hydrogens is 362 g/mol. The largest absolute Gasteiger partial charge is 0.480 e.